The van der Waals surface area contributed by atoms with Gasteiger partial charge in [-0.05, 0) is 38.0 Å². The molecule has 0 spiro atoms. The Morgan fingerprint density at radius 3 is 2.39 bits per heavy atom. The number of carbonyl (C=O) groups excluding carboxylic acids is 2. The maximum atomic E-state index is 12.2. The summed E-state index contributed by atoms with van der Waals surface area (Å²) in [6.45, 7) is 1.57. The van der Waals surface area contributed by atoms with Crippen LogP contribution in [-0.2, 0) is 9.53 Å². The average molecular weight is 321 g/mol. The zero-order chi connectivity index (χ0) is 16.8. The third kappa shape index (κ3) is 4.37. The van der Waals surface area contributed by atoms with Gasteiger partial charge in [-0.15, -0.1) is 0 Å². The van der Waals surface area contributed by atoms with E-state index in [2.05, 4.69) is 5.32 Å². The molecule has 1 atom stereocenters. The number of rotatable bonds is 6. The second-order valence-electron chi connectivity index (χ2n) is 5.61. The molecule has 0 unspecified atom stereocenters. The Hall–Kier alpha value is -2.24. The lowest BCUT2D eigenvalue weighted by Crippen LogP contribution is -2.40. The van der Waals surface area contributed by atoms with Gasteiger partial charge >= 0.3 is 5.97 Å². The van der Waals surface area contributed by atoms with Crippen molar-refractivity contribution < 1.29 is 23.8 Å². The smallest absolute Gasteiger partial charge is 0.339 e. The quantitative estimate of drug-likeness (QED) is 0.814. The maximum Gasteiger partial charge on any atom is 0.339 e. The molecule has 1 amide bonds. The number of carbonyl (C=O) groups is 2. The van der Waals surface area contributed by atoms with Gasteiger partial charge in [0.15, 0.2) is 17.6 Å². The molecular weight excluding hydrogens is 298 g/mol. The van der Waals surface area contributed by atoms with Gasteiger partial charge in [-0.1, -0.05) is 12.8 Å². The minimum Gasteiger partial charge on any atom is -0.493 e. The number of methoxy groups -OCH3 is 2. The molecular formula is C17H23NO5. The summed E-state index contributed by atoms with van der Waals surface area (Å²) in [5, 5.41) is 2.92. The lowest BCUT2D eigenvalue weighted by Gasteiger charge is -2.17. The third-order valence-corrected chi connectivity index (χ3v) is 3.97. The van der Waals surface area contributed by atoms with E-state index in [0.29, 0.717) is 17.1 Å². The molecule has 1 N–H and O–H groups in total. The monoisotopic (exact) mass is 321 g/mol. The van der Waals surface area contributed by atoms with Crippen molar-refractivity contribution in [2.45, 2.75) is 44.8 Å². The van der Waals surface area contributed by atoms with E-state index in [1.54, 1.807) is 19.1 Å². The summed E-state index contributed by atoms with van der Waals surface area (Å²) in [4.78, 5) is 24.2. The SMILES string of the molecule is COc1ccc(C(=O)O[C@@H](C)C(=O)NC2CCCC2)cc1OC. The van der Waals surface area contributed by atoms with Crippen molar-refractivity contribution in [3.8, 4) is 11.5 Å². The van der Waals surface area contributed by atoms with Gasteiger partial charge < -0.3 is 19.5 Å². The predicted octanol–water partition coefficient (Wildman–Crippen LogP) is 2.31. The lowest BCUT2D eigenvalue weighted by atomic mass is 10.2. The Labute approximate surface area is 136 Å². The number of hydrogen-bond donors (Lipinski definition) is 1. The number of amides is 1. The molecule has 2 rings (SSSR count). The standard InChI is InChI=1S/C17H23NO5/c1-11(16(19)18-13-6-4-5-7-13)23-17(20)12-8-9-14(21-2)15(10-12)22-3/h8-11,13H,4-7H2,1-3H3,(H,18,19)/t11-/m0/s1. The Morgan fingerprint density at radius 2 is 1.78 bits per heavy atom. The van der Waals surface area contributed by atoms with E-state index in [0.717, 1.165) is 25.7 Å². The summed E-state index contributed by atoms with van der Waals surface area (Å²) in [5.74, 6) is 0.131. The summed E-state index contributed by atoms with van der Waals surface area (Å²) < 4.78 is 15.5. The average Bonchev–Trinajstić information content (AvgIpc) is 3.06. The van der Waals surface area contributed by atoms with E-state index in [1.807, 2.05) is 0 Å². The molecule has 0 saturated heterocycles. The van der Waals surface area contributed by atoms with Crippen molar-refractivity contribution in [3.63, 3.8) is 0 Å². The first kappa shape index (κ1) is 17.1. The van der Waals surface area contributed by atoms with Crippen molar-refractivity contribution in [1.82, 2.24) is 5.32 Å². The van der Waals surface area contributed by atoms with E-state index in [-0.39, 0.29) is 11.9 Å². The van der Waals surface area contributed by atoms with Crippen LogP contribution in [0.3, 0.4) is 0 Å². The summed E-state index contributed by atoms with van der Waals surface area (Å²) in [7, 11) is 3.01. The van der Waals surface area contributed by atoms with Crippen LogP contribution in [-0.4, -0.2) is 38.2 Å². The van der Waals surface area contributed by atoms with Crippen LogP contribution in [0.4, 0.5) is 0 Å². The minimum absolute atomic E-state index is 0.199. The molecule has 0 aliphatic heterocycles. The Bertz CT molecular complexity index is 566. The molecule has 0 aromatic heterocycles. The van der Waals surface area contributed by atoms with Gasteiger partial charge in [-0.25, -0.2) is 4.79 Å². The third-order valence-electron chi connectivity index (χ3n) is 3.97. The lowest BCUT2D eigenvalue weighted by molar-refractivity contribution is -0.129. The van der Waals surface area contributed by atoms with Crippen molar-refractivity contribution >= 4 is 11.9 Å². The summed E-state index contributed by atoms with van der Waals surface area (Å²) in [5.41, 5.74) is 0.308. The zero-order valence-corrected chi connectivity index (χ0v) is 13.8. The van der Waals surface area contributed by atoms with Crippen LogP contribution < -0.4 is 14.8 Å². The molecule has 1 aliphatic carbocycles. The first-order valence-corrected chi connectivity index (χ1v) is 7.78. The predicted molar refractivity (Wildman–Crippen MR) is 84.8 cm³/mol. The topological polar surface area (TPSA) is 73.9 Å². The summed E-state index contributed by atoms with van der Waals surface area (Å²) >= 11 is 0. The molecule has 0 bridgehead atoms. The molecule has 1 saturated carbocycles. The van der Waals surface area contributed by atoms with Crippen molar-refractivity contribution in [3.05, 3.63) is 23.8 Å². The maximum absolute atomic E-state index is 12.2. The van der Waals surface area contributed by atoms with Crippen LogP contribution in [0, 0.1) is 0 Å². The fourth-order valence-electron chi connectivity index (χ4n) is 2.63. The van der Waals surface area contributed by atoms with E-state index in [9.17, 15) is 9.59 Å². The van der Waals surface area contributed by atoms with Gasteiger partial charge in [0.1, 0.15) is 0 Å². The van der Waals surface area contributed by atoms with Gasteiger partial charge in [0.25, 0.3) is 5.91 Å². The molecule has 23 heavy (non-hydrogen) atoms. The number of nitrogens with one attached hydrogen (secondary N) is 1. The van der Waals surface area contributed by atoms with E-state index < -0.39 is 12.1 Å². The Balaban J connectivity index is 1.96. The highest BCUT2D eigenvalue weighted by atomic mass is 16.5. The molecule has 0 heterocycles. The van der Waals surface area contributed by atoms with Crippen molar-refractivity contribution in [2.24, 2.45) is 0 Å². The second kappa shape index (κ2) is 7.85. The first-order valence-electron chi connectivity index (χ1n) is 7.78. The largest absolute Gasteiger partial charge is 0.493 e. The Morgan fingerprint density at radius 1 is 1.13 bits per heavy atom. The zero-order valence-electron chi connectivity index (χ0n) is 13.8. The second-order valence-corrected chi connectivity index (χ2v) is 5.61. The van der Waals surface area contributed by atoms with Crippen LogP contribution in [0.25, 0.3) is 0 Å². The Kier molecular flexibility index (Phi) is 5.84. The fraction of sp³-hybridized carbons (Fsp3) is 0.529. The molecule has 1 aromatic carbocycles. The highest BCUT2D eigenvalue weighted by Gasteiger charge is 2.23. The molecule has 1 aliphatic rings. The fourth-order valence-corrected chi connectivity index (χ4v) is 2.63. The van der Waals surface area contributed by atoms with Gasteiger partial charge in [-0.3, -0.25) is 4.79 Å². The van der Waals surface area contributed by atoms with Crippen LogP contribution in [0.2, 0.25) is 0 Å². The highest BCUT2D eigenvalue weighted by Crippen LogP contribution is 2.28. The van der Waals surface area contributed by atoms with Crippen LogP contribution in [0.15, 0.2) is 18.2 Å². The van der Waals surface area contributed by atoms with Crippen LogP contribution in [0.5, 0.6) is 11.5 Å². The van der Waals surface area contributed by atoms with E-state index >= 15 is 0 Å². The highest BCUT2D eigenvalue weighted by molar-refractivity contribution is 5.92. The normalized spacial score (nSPS) is 15.8. The number of benzene rings is 1. The number of ether oxygens (including phenoxy) is 3. The molecule has 0 radical (unpaired) electrons. The number of hydrogen-bond acceptors (Lipinski definition) is 5. The molecule has 6 heteroatoms. The van der Waals surface area contributed by atoms with E-state index in [4.69, 9.17) is 14.2 Å². The molecule has 1 aromatic rings. The van der Waals surface area contributed by atoms with Gasteiger partial charge in [-0.2, -0.15) is 0 Å². The van der Waals surface area contributed by atoms with Gasteiger partial charge in [0.2, 0.25) is 0 Å². The molecule has 1 fully saturated rings. The van der Waals surface area contributed by atoms with Crippen molar-refractivity contribution in [2.75, 3.05) is 14.2 Å². The molecule has 126 valence electrons. The summed E-state index contributed by atoms with van der Waals surface area (Å²) in [6, 6.07) is 4.93. The van der Waals surface area contributed by atoms with Gasteiger partial charge in [0.05, 0.1) is 19.8 Å². The number of esters is 1. The van der Waals surface area contributed by atoms with E-state index in [1.165, 1.54) is 20.3 Å². The first-order chi connectivity index (χ1) is 11.0. The summed E-state index contributed by atoms with van der Waals surface area (Å²) in [6.07, 6.45) is 3.40. The molecule has 6 nitrogen and oxygen atoms in total. The van der Waals surface area contributed by atoms with Crippen LogP contribution >= 0.6 is 0 Å². The van der Waals surface area contributed by atoms with Crippen molar-refractivity contribution in [1.29, 1.82) is 0 Å². The minimum atomic E-state index is -0.837. The van der Waals surface area contributed by atoms with Gasteiger partial charge in [0, 0.05) is 6.04 Å². The van der Waals surface area contributed by atoms with Crippen LogP contribution in [0.1, 0.15) is 43.0 Å².